The second-order valence-corrected chi connectivity index (χ2v) is 9.12. The summed E-state index contributed by atoms with van der Waals surface area (Å²) in [5.74, 6) is 1.40. The average Bonchev–Trinajstić information content (AvgIpc) is 3.33. The average molecular weight is 400 g/mol. The minimum Gasteiger partial charge on any atom is -0.467 e. The Morgan fingerprint density at radius 2 is 2.00 bits per heavy atom. The highest BCUT2D eigenvalue weighted by Crippen LogP contribution is 2.21. The number of thiophene rings is 1. The molecule has 0 N–H and O–H groups in total. The summed E-state index contributed by atoms with van der Waals surface area (Å²) in [7, 11) is 0. The molecule has 3 heterocycles. The third kappa shape index (κ3) is 4.93. The minimum atomic E-state index is 0.0951. The molecule has 0 radical (unpaired) electrons. The highest BCUT2D eigenvalue weighted by atomic mass is 32.1. The lowest BCUT2D eigenvalue weighted by Gasteiger charge is -2.21. The Morgan fingerprint density at radius 3 is 2.61 bits per heavy atom. The third-order valence-corrected chi connectivity index (χ3v) is 5.81. The first kappa shape index (κ1) is 20.4. The molecule has 0 aliphatic carbocycles. The van der Waals surface area contributed by atoms with Crippen LogP contribution in [0.3, 0.4) is 0 Å². The number of hydrogen-bond donors (Lipinski definition) is 0. The fourth-order valence-electron chi connectivity index (χ4n) is 3.36. The van der Waals surface area contributed by atoms with Crippen molar-refractivity contribution in [2.45, 2.75) is 60.7 Å². The van der Waals surface area contributed by atoms with Crippen LogP contribution in [0.2, 0.25) is 0 Å². The standard InChI is InChI=1S/C22H29N3O2S/c1-15(2)12-25-18(5)21(17(4)23-25)11-22(26)24(13-19-7-6-10-27-19)14-20-9-8-16(3)28-20/h6-10,15H,11-14H2,1-5H3. The maximum absolute atomic E-state index is 13.2. The Balaban J connectivity index is 1.80. The number of furan rings is 1. The van der Waals surface area contributed by atoms with Crippen LogP contribution in [0, 0.1) is 26.7 Å². The first-order valence-corrected chi connectivity index (χ1v) is 10.5. The molecule has 0 saturated heterocycles. The number of nitrogens with zero attached hydrogens (tertiary/aromatic N) is 3. The van der Waals surface area contributed by atoms with E-state index in [0.29, 0.717) is 25.4 Å². The van der Waals surface area contributed by atoms with E-state index in [-0.39, 0.29) is 5.91 Å². The summed E-state index contributed by atoms with van der Waals surface area (Å²) in [5, 5.41) is 4.66. The highest BCUT2D eigenvalue weighted by Gasteiger charge is 2.21. The number of amides is 1. The van der Waals surface area contributed by atoms with Crippen LogP contribution in [0.4, 0.5) is 0 Å². The van der Waals surface area contributed by atoms with Crippen LogP contribution in [-0.2, 0) is 30.8 Å². The maximum atomic E-state index is 13.2. The summed E-state index contributed by atoms with van der Waals surface area (Å²) in [6, 6.07) is 7.97. The number of hydrogen-bond acceptors (Lipinski definition) is 4. The van der Waals surface area contributed by atoms with Crippen LogP contribution >= 0.6 is 11.3 Å². The van der Waals surface area contributed by atoms with E-state index in [1.807, 2.05) is 28.6 Å². The van der Waals surface area contributed by atoms with Gasteiger partial charge < -0.3 is 9.32 Å². The van der Waals surface area contributed by atoms with Crippen molar-refractivity contribution in [3.05, 3.63) is 63.0 Å². The number of aromatic nitrogens is 2. The van der Waals surface area contributed by atoms with Gasteiger partial charge in [0.1, 0.15) is 5.76 Å². The van der Waals surface area contributed by atoms with Crippen molar-refractivity contribution in [1.29, 1.82) is 0 Å². The molecule has 0 bridgehead atoms. The van der Waals surface area contributed by atoms with E-state index >= 15 is 0 Å². The van der Waals surface area contributed by atoms with Gasteiger partial charge in [0.25, 0.3) is 0 Å². The van der Waals surface area contributed by atoms with Crippen LogP contribution in [0.25, 0.3) is 0 Å². The summed E-state index contributed by atoms with van der Waals surface area (Å²) in [6.07, 6.45) is 2.01. The molecule has 0 unspecified atom stereocenters. The third-order valence-electron chi connectivity index (χ3n) is 4.82. The zero-order chi connectivity index (χ0) is 20.3. The molecular formula is C22H29N3O2S. The molecule has 0 atom stereocenters. The van der Waals surface area contributed by atoms with Crippen molar-refractivity contribution < 1.29 is 9.21 Å². The van der Waals surface area contributed by atoms with E-state index in [1.54, 1.807) is 17.6 Å². The van der Waals surface area contributed by atoms with E-state index in [1.165, 1.54) is 9.75 Å². The monoisotopic (exact) mass is 399 g/mol. The molecule has 3 aromatic heterocycles. The SMILES string of the molecule is Cc1ccc(CN(Cc2ccco2)C(=O)Cc2c(C)nn(CC(C)C)c2C)s1. The Morgan fingerprint density at radius 1 is 1.21 bits per heavy atom. The van der Waals surface area contributed by atoms with Crippen LogP contribution < -0.4 is 0 Å². The zero-order valence-corrected chi connectivity index (χ0v) is 18.2. The van der Waals surface area contributed by atoms with Gasteiger partial charge in [-0.15, -0.1) is 11.3 Å². The van der Waals surface area contributed by atoms with Gasteiger partial charge >= 0.3 is 0 Å². The van der Waals surface area contributed by atoms with Crippen molar-refractivity contribution in [2.75, 3.05) is 0 Å². The van der Waals surface area contributed by atoms with E-state index in [4.69, 9.17) is 4.42 Å². The highest BCUT2D eigenvalue weighted by molar-refractivity contribution is 7.11. The Kier molecular flexibility index (Phi) is 6.39. The van der Waals surface area contributed by atoms with Gasteiger partial charge in [-0.1, -0.05) is 13.8 Å². The number of carbonyl (C=O) groups excluding carboxylic acids is 1. The van der Waals surface area contributed by atoms with E-state index < -0.39 is 0 Å². The molecule has 3 rings (SSSR count). The second-order valence-electron chi connectivity index (χ2n) is 7.74. The molecule has 5 nitrogen and oxygen atoms in total. The second kappa shape index (κ2) is 8.78. The van der Waals surface area contributed by atoms with Crippen LogP contribution in [0.5, 0.6) is 0 Å². The molecule has 0 aliphatic rings. The number of carbonyl (C=O) groups is 1. The van der Waals surface area contributed by atoms with Crippen molar-refractivity contribution in [2.24, 2.45) is 5.92 Å². The molecule has 0 fully saturated rings. The van der Waals surface area contributed by atoms with E-state index in [2.05, 4.69) is 44.9 Å². The van der Waals surface area contributed by atoms with Gasteiger partial charge in [0.05, 0.1) is 31.5 Å². The molecule has 0 saturated carbocycles. The molecular weight excluding hydrogens is 370 g/mol. The van der Waals surface area contributed by atoms with Crippen molar-refractivity contribution in [3.63, 3.8) is 0 Å². The lowest BCUT2D eigenvalue weighted by Crippen LogP contribution is -2.31. The van der Waals surface area contributed by atoms with Gasteiger partial charge in [0.2, 0.25) is 5.91 Å². The molecule has 0 aromatic carbocycles. The first-order chi connectivity index (χ1) is 13.3. The predicted molar refractivity (Wildman–Crippen MR) is 112 cm³/mol. The minimum absolute atomic E-state index is 0.0951. The van der Waals surface area contributed by atoms with Crippen molar-refractivity contribution >= 4 is 17.2 Å². The predicted octanol–water partition coefficient (Wildman–Crippen LogP) is 4.89. The lowest BCUT2D eigenvalue weighted by molar-refractivity contribution is -0.132. The quantitative estimate of drug-likeness (QED) is 0.542. The molecule has 1 amide bonds. The normalized spacial score (nSPS) is 11.4. The zero-order valence-electron chi connectivity index (χ0n) is 17.4. The van der Waals surface area contributed by atoms with Gasteiger partial charge in [-0.2, -0.15) is 5.10 Å². The Labute approximate surface area is 171 Å². The van der Waals surface area contributed by atoms with Crippen molar-refractivity contribution in [1.82, 2.24) is 14.7 Å². The van der Waals surface area contributed by atoms with Gasteiger partial charge in [0, 0.05) is 27.6 Å². The van der Waals surface area contributed by atoms with Crippen LogP contribution in [0.1, 0.15) is 46.3 Å². The Bertz CT molecular complexity index is 922. The molecule has 3 aromatic rings. The van der Waals surface area contributed by atoms with Crippen LogP contribution in [-0.4, -0.2) is 20.6 Å². The molecule has 0 spiro atoms. The van der Waals surface area contributed by atoms with E-state index in [9.17, 15) is 4.79 Å². The maximum Gasteiger partial charge on any atom is 0.227 e. The van der Waals surface area contributed by atoms with E-state index in [0.717, 1.165) is 29.3 Å². The van der Waals surface area contributed by atoms with Crippen molar-refractivity contribution in [3.8, 4) is 0 Å². The summed E-state index contributed by atoms with van der Waals surface area (Å²) < 4.78 is 7.53. The topological polar surface area (TPSA) is 51.3 Å². The summed E-state index contributed by atoms with van der Waals surface area (Å²) in [6.45, 7) is 12.4. The summed E-state index contributed by atoms with van der Waals surface area (Å²) in [5.41, 5.74) is 3.07. The molecule has 28 heavy (non-hydrogen) atoms. The molecule has 150 valence electrons. The smallest absolute Gasteiger partial charge is 0.227 e. The van der Waals surface area contributed by atoms with Gasteiger partial charge in [-0.05, 0) is 51.0 Å². The number of aryl methyl sites for hydroxylation is 2. The first-order valence-electron chi connectivity index (χ1n) is 9.71. The fraction of sp³-hybridized carbons (Fsp3) is 0.455. The van der Waals surface area contributed by atoms with Gasteiger partial charge in [-0.3, -0.25) is 9.48 Å². The largest absolute Gasteiger partial charge is 0.467 e. The summed E-state index contributed by atoms with van der Waals surface area (Å²) >= 11 is 1.73. The van der Waals surface area contributed by atoms with Crippen LogP contribution in [0.15, 0.2) is 34.9 Å². The van der Waals surface area contributed by atoms with Gasteiger partial charge in [-0.25, -0.2) is 0 Å². The van der Waals surface area contributed by atoms with Gasteiger partial charge in [0.15, 0.2) is 0 Å². The number of rotatable bonds is 8. The Hall–Kier alpha value is -2.34. The molecule has 6 heteroatoms. The summed E-state index contributed by atoms with van der Waals surface area (Å²) in [4.78, 5) is 17.5. The molecule has 0 aliphatic heterocycles. The fourth-order valence-corrected chi connectivity index (χ4v) is 4.26. The lowest BCUT2D eigenvalue weighted by atomic mass is 10.1.